The first-order valence-corrected chi connectivity index (χ1v) is 9.35. The zero-order valence-electron chi connectivity index (χ0n) is 15.9. The number of aryl methyl sites for hydroxylation is 1. The fraction of sp³-hybridized carbons (Fsp3) is 0.333. The summed E-state index contributed by atoms with van der Waals surface area (Å²) in [6, 6.07) is 12.4. The lowest BCUT2D eigenvalue weighted by atomic mass is 10.0. The Morgan fingerprint density at radius 2 is 1.85 bits per heavy atom. The highest BCUT2D eigenvalue weighted by atomic mass is 35.5. The first kappa shape index (κ1) is 20.8. The fourth-order valence-electron chi connectivity index (χ4n) is 2.47. The van der Waals surface area contributed by atoms with Crippen LogP contribution in [-0.2, 0) is 11.2 Å². The maximum atomic E-state index is 12.4. The molecule has 0 saturated heterocycles. The van der Waals surface area contributed by atoms with Gasteiger partial charge in [0, 0.05) is 23.3 Å². The van der Waals surface area contributed by atoms with E-state index in [-0.39, 0.29) is 17.4 Å². The number of halogens is 1. The molecule has 2 amide bonds. The van der Waals surface area contributed by atoms with Crippen LogP contribution in [0.25, 0.3) is 0 Å². The van der Waals surface area contributed by atoms with Crippen LogP contribution >= 0.6 is 11.6 Å². The summed E-state index contributed by atoms with van der Waals surface area (Å²) in [5.41, 5.74) is 8.13. The van der Waals surface area contributed by atoms with Crippen LogP contribution in [0.2, 0.25) is 5.02 Å². The number of rotatable bonds is 7. The van der Waals surface area contributed by atoms with E-state index in [1.54, 1.807) is 18.2 Å². The third-order valence-electron chi connectivity index (χ3n) is 4.51. The Balaban J connectivity index is 1.97. The molecule has 5 nitrogen and oxygen atoms in total. The summed E-state index contributed by atoms with van der Waals surface area (Å²) in [5.74, 6) is -0.372. The number of para-hydroxylation sites is 1. The smallest absolute Gasteiger partial charge is 0.253 e. The van der Waals surface area contributed by atoms with Crippen molar-refractivity contribution in [3.8, 4) is 0 Å². The molecule has 2 aromatic rings. The van der Waals surface area contributed by atoms with Crippen molar-refractivity contribution in [3.63, 3.8) is 0 Å². The highest BCUT2D eigenvalue weighted by Gasteiger charge is 2.20. The summed E-state index contributed by atoms with van der Waals surface area (Å²) >= 11 is 6.24. The Morgan fingerprint density at radius 1 is 1.15 bits per heavy atom. The Labute approximate surface area is 165 Å². The average molecular weight is 388 g/mol. The van der Waals surface area contributed by atoms with Gasteiger partial charge in [-0.2, -0.15) is 0 Å². The van der Waals surface area contributed by atoms with E-state index >= 15 is 0 Å². The number of nitrogens with two attached hydrogens (primary N) is 1. The monoisotopic (exact) mass is 387 g/mol. The van der Waals surface area contributed by atoms with Crippen molar-refractivity contribution in [2.45, 2.75) is 45.6 Å². The first-order chi connectivity index (χ1) is 12.7. The molecule has 0 heterocycles. The van der Waals surface area contributed by atoms with Crippen LogP contribution in [0.15, 0.2) is 42.5 Å². The number of nitrogens with one attached hydrogen (secondary N) is 2. The van der Waals surface area contributed by atoms with Gasteiger partial charge in [0.15, 0.2) is 0 Å². The molecule has 0 fully saturated rings. The zero-order valence-corrected chi connectivity index (χ0v) is 16.7. The molecule has 2 aromatic carbocycles. The minimum Gasteiger partial charge on any atom is -0.399 e. The second-order valence-electron chi connectivity index (χ2n) is 7.13. The van der Waals surface area contributed by atoms with E-state index in [0.29, 0.717) is 34.8 Å². The highest BCUT2D eigenvalue weighted by molar-refractivity contribution is 6.34. The van der Waals surface area contributed by atoms with Gasteiger partial charge in [0.1, 0.15) is 0 Å². The van der Waals surface area contributed by atoms with E-state index in [0.717, 1.165) is 12.0 Å². The molecule has 0 atom stereocenters. The predicted molar refractivity (Wildman–Crippen MR) is 111 cm³/mol. The van der Waals surface area contributed by atoms with E-state index in [1.807, 2.05) is 45.0 Å². The van der Waals surface area contributed by atoms with Gasteiger partial charge in [0.2, 0.25) is 5.91 Å². The van der Waals surface area contributed by atoms with E-state index in [2.05, 4.69) is 10.6 Å². The Morgan fingerprint density at radius 3 is 2.48 bits per heavy atom. The van der Waals surface area contributed by atoms with E-state index in [4.69, 9.17) is 17.3 Å². The van der Waals surface area contributed by atoms with Gasteiger partial charge in [0.05, 0.1) is 10.6 Å². The molecule has 144 valence electrons. The SMILES string of the molecule is CCC(C)(C)NC(=O)c1ccc(NC(=O)CCc2ccccc2N)cc1Cl. The molecule has 2 rings (SSSR count). The lowest BCUT2D eigenvalue weighted by molar-refractivity contribution is -0.116. The summed E-state index contributed by atoms with van der Waals surface area (Å²) in [4.78, 5) is 24.5. The van der Waals surface area contributed by atoms with Crippen molar-refractivity contribution in [3.05, 3.63) is 58.6 Å². The van der Waals surface area contributed by atoms with Crippen LogP contribution in [-0.4, -0.2) is 17.4 Å². The van der Waals surface area contributed by atoms with Gasteiger partial charge in [-0.1, -0.05) is 36.7 Å². The third kappa shape index (κ3) is 6.00. The van der Waals surface area contributed by atoms with Gasteiger partial charge < -0.3 is 16.4 Å². The van der Waals surface area contributed by atoms with Gasteiger partial charge in [-0.15, -0.1) is 0 Å². The van der Waals surface area contributed by atoms with Crippen molar-refractivity contribution < 1.29 is 9.59 Å². The van der Waals surface area contributed by atoms with E-state index < -0.39 is 0 Å². The molecule has 0 spiro atoms. The van der Waals surface area contributed by atoms with Crippen LogP contribution in [0.4, 0.5) is 11.4 Å². The van der Waals surface area contributed by atoms with Gasteiger partial charge >= 0.3 is 0 Å². The van der Waals surface area contributed by atoms with E-state index in [9.17, 15) is 9.59 Å². The molecular weight excluding hydrogens is 362 g/mol. The molecule has 0 aliphatic rings. The largest absolute Gasteiger partial charge is 0.399 e. The van der Waals surface area contributed by atoms with E-state index in [1.165, 1.54) is 0 Å². The molecule has 0 aromatic heterocycles. The van der Waals surface area contributed by atoms with Crippen molar-refractivity contribution in [1.82, 2.24) is 5.32 Å². The summed E-state index contributed by atoms with van der Waals surface area (Å²) in [7, 11) is 0. The molecule has 0 aliphatic carbocycles. The summed E-state index contributed by atoms with van der Waals surface area (Å²) in [5, 5.41) is 6.04. The number of hydrogen-bond acceptors (Lipinski definition) is 3. The summed E-state index contributed by atoms with van der Waals surface area (Å²) < 4.78 is 0. The molecule has 0 aliphatic heterocycles. The normalized spacial score (nSPS) is 11.1. The Kier molecular flexibility index (Phi) is 6.86. The minimum absolute atomic E-state index is 0.140. The van der Waals surface area contributed by atoms with Crippen LogP contribution in [0.1, 0.15) is 49.5 Å². The Bertz CT molecular complexity index is 834. The van der Waals surface area contributed by atoms with Crippen molar-refractivity contribution in [2.75, 3.05) is 11.1 Å². The second kappa shape index (κ2) is 8.91. The fourth-order valence-corrected chi connectivity index (χ4v) is 2.74. The number of benzene rings is 2. The molecule has 0 saturated carbocycles. The first-order valence-electron chi connectivity index (χ1n) is 8.97. The third-order valence-corrected chi connectivity index (χ3v) is 4.82. The standard InChI is InChI=1S/C21H26ClN3O2/c1-4-21(2,3)25-20(27)16-11-10-15(13-17(16)22)24-19(26)12-9-14-7-5-6-8-18(14)23/h5-8,10-11,13H,4,9,12,23H2,1-3H3,(H,24,26)(H,25,27). The van der Waals surface area contributed by atoms with Gasteiger partial charge in [-0.25, -0.2) is 0 Å². The van der Waals surface area contributed by atoms with Gasteiger partial charge in [0.25, 0.3) is 5.91 Å². The molecule has 4 N–H and O–H groups in total. The predicted octanol–water partition coefficient (Wildman–Crippen LogP) is 4.41. The highest BCUT2D eigenvalue weighted by Crippen LogP contribution is 2.22. The van der Waals surface area contributed by atoms with Crippen molar-refractivity contribution in [1.29, 1.82) is 0 Å². The number of carbonyl (C=O) groups excluding carboxylic acids is 2. The van der Waals surface area contributed by atoms with Crippen LogP contribution in [0, 0.1) is 0 Å². The maximum absolute atomic E-state index is 12.4. The molecule has 0 radical (unpaired) electrons. The van der Waals surface area contributed by atoms with Crippen LogP contribution in [0.5, 0.6) is 0 Å². The lowest BCUT2D eigenvalue weighted by Gasteiger charge is -2.24. The molecule has 0 bridgehead atoms. The Hall–Kier alpha value is -2.53. The number of hydrogen-bond donors (Lipinski definition) is 3. The number of anilines is 2. The topological polar surface area (TPSA) is 84.2 Å². The minimum atomic E-state index is -0.313. The van der Waals surface area contributed by atoms with Gasteiger partial charge in [-0.3, -0.25) is 9.59 Å². The summed E-state index contributed by atoms with van der Waals surface area (Å²) in [6.07, 6.45) is 1.66. The van der Waals surface area contributed by atoms with Crippen molar-refractivity contribution >= 4 is 34.8 Å². The number of nitrogen functional groups attached to an aromatic ring is 1. The quantitative estimate of drug-likeness (QED) is 0.615. The van der Waals surface area contributed by atoms with Crippen molar-refractivity contribution in [2.24, 2.45) is 0 Å². The number of amides is 2. The van der Waals surface area contributed by atoms with Crippen LogP contribution in [0.3, 0.4) is 0 Å². The lowest BCUT2D eigenvalue weighted by Crippen LogP contribution is -2.42. The molecular formula is C21H26ClN3O2. The zero-order chi connectivity index (χ0) is 20.0. The summed E-state index contributed by atoms with van der Waals surface area (Å²) in [6.45, 7) is 5.91. The van der Waals surface area contributed by atoms with Crippen LogP contribution < -0.4 is 16.4 Å². The molecule has 0 unspecified atom stereocenters. The molecule has 6 heteroatoms. The van der Waals surface area contributed by atoms with Gasteiger partial charge in [-0.05, 0) is 56.5 Å². The second-order valence-corrected chi connectivity index (χ2v) is 7.54. The maximum Gasteiger partial charge on any atom is 0.253 e. The number of carbonyl (C=O) groups is 2. The molecule has 27 heavy (non-hydrogen) atoms. The average Bonchev–Trinajstić information content (AvgIpc) is 2.60.